The maximum atomic E-state index is 11.5. The maximum absolute atomic E-state index is 11.5. The Balaban J connectivity index is 2.51. The summed E-state index contributed by atoms with van der Waals surface area (Å²) in [4.78, 5) is 15.7. The van der Waals surface area contributed by atoms with E-state index in [4.69, 9.17) is 0 Å². The average molecular weight is 207 g/mol. The second-order valence-corrected chi connectivity index (χ2v) is 3.50. The number of aromatic nitrogens is 1. The number of carbonyl (C=O) groups is 1. The van der Waals surface area contributed by atoms with Gasteiger partial charge in [-0.05, 0) is 32.5 Å². The fourth-order valence-corrected chi connectivity index (χ4v) is 1.16. The molecule has 15 heavy (non-hydrogen) atoms. The number of aryl methyl sites for hydroxylation is 1. The second-order valence-electron chi connectivity index (χ2n) is 3.50. The van der Waals surface area contributed by atoms with Crippen molar-refractivity contribution in [2.45, 2.75) is 26.4 Å². The highest BCUT2D eigenvalue weighted by Gasteiger charge is 2.09. The summed E-state index contributed by atoms with van der Waals surface area (Å²) in [7, 11) is 1.76. The molecule has 1 heterocycles. The SMILES string of the molecule is CNC(C)C(=O)NCc1ncccc1C. The molecule has 0 aliphatic carbocycles. The second kappa shape index (κ2) is 5.46. The van der Waals surface area contributed by atoms with E-state index >= 15 is 0 Å². The molecule has 1 aromatic rings. The number of amides is 1. The van der Waals surface area contributed by atoms with Crippen LogP contribution in [-0.2, 0) is 11.3 Å². The van der Waals surface area contributed by atoms with Crippen molar-refractivity contribution in [1.82, 2.24) is 15.6 Å². The molecule has 4 nitrogen and oxygen atoms in total. The Hall–Kier alpha value is -1.42. The van der Waals surface area contributed by atoms with E-state index in [9.17, 15) is 4.79 Å². The highest BCUT2D eigenvalue weighted by Crippen LogP contribution is 2.02. The van der Waals surface area contributed by atoms with Gasteiger partial charge < -0.3 is 10.6 Å². The zero-order chi connectivity index (χ0) is 11.3. The predicted octanol–water partition coefficient (Wildman–Crippen LogP) is 0.614. The van der Waals surface area contributed by atoms with Gasteiger partial charge in [-0.25, -0.2) is 0 Å². The van der Waals surface area contributed by atoms with Crippen LogP contribution >= 0.6 is 0 Å². The molecule has 1 amide bonds. The summed E-state index contributed by atoms with van der Waals surface area (Å²) in [5.74, 6) is -0.0115. The molecule has 0 saturated carbocycles. The zero-order valence-electron chi connectivity index (χ0n) is 9.37. The number of nitrogens with one attached hydrogen (secondary N) is 2. The summed E-state index contributed by atoms with van der Waals surface area (Å²) in [6.07, 6.45) is 1.73. The van der Waals surface area contributed by atoms with Crippen molar-refractivity contribution in [3.63, 3.8) is 0 Å². The Kier molecular flexibility index (Phi) is 4.24. The van der Waals surface area contributed by atoms with Crippen molar-refractivity contribution >= 4 is 5.91 Å². The van der Waals surface area contributed by atoms with Gasteiger partial charge in [0.25, 0.3) is 0 Å². The van der Waals surface area contributed by atoms with Crippen molar-refractivity contribution in [2.75, 3.05) is 7.05 Å². The monoisotopic (exact) mass is 207 g/mol. The summed E-state index contributed by atoms with van der Waals surface area (Å²) in [5.41, 5.74) is 2.00. The van der Waals surface area contributed by atoms with Crippen molar-refractivity contribution in [3.05, 3.63) is 29.6 Å². The molecule has 0 aliphatic rings. The van der Waals surface area contributed by atoms with Gasteiger partial charge in [0.05, 0.1) is 18.3 Å². The Morgan fingerprint density at radius 1 is 1.60 bits per heavy atom. The minimum Gasteiger partial charge on any atom is -0.349 e. The minimum atomic E-state index is -0.172. The predicted molar refractivity (Wildman–Crippen MR) is 59.3 cm³/mol. The molecular weight excluding hydrogens is 190 g/mol. The molecule has 0 fully saturated rings. The van der Waals surface area contributed by atoms with Gasteiger partial charge in [-0.15, -0.1) is 0 Å². The van der Waals surface area contributed by atoms with Gasteiger partial charge >= 0.3 is 0 Å². The van der Waals surface area contributed by atoms with Crippen molar-refractivity contribution in [1.29, 1.82) is 0 Å². The van der Waals surface area contributed by atoms with Crippen LogP contribution in [0.4, 0.5) is 0 Å². The van der Waals surface area contributed by atoms with E-state index in [2.05, 4.69) is 15.6 Å². The van der Waals surface area contributed by atoms with E-state index in [1.54, 1.807) is 13.2 Å². The summed E-state index contributed by atoms with van der Waals surface area (Å²) in [6, 6.07) is 3.70. The van der Waals surface area contributed by atoms with E-state index < -0.39 is 0 Å². The molecule has 0 saturated heterocycles. The minimum absolute atomic E-state index is 0.0115. The molecule has 0 spiro atoms. The van der Waals surface area contributed by atoms with Crippen LogP contribution in [0.5, 0.6) is 0 Å². The first-order chi connectivity index (χ1) is 7.15. The number of hydrogen-bond donors (Lipinski definition) is 2. The van der Waals surface area contributed by atoms with Crippen LogP contribution in [0.15, 0.2) is 18.3 Å². The van der Waals surface area contributed by atoms with Crippen LogP contribution in [0.1, 0.15) is 18.2 Å². The zero-order valence-corrected chi connectivity index (χ0v) is 9.37. The van der Waals surface area contributed by atoms with Crippen LogP contribution in [0.25, 0.3) is 0 Å². The highest BCUT2D eigenvalue weighted by molar-refractivity contribution is 5.81. The van der Waals surface area contributed by atoms with E-state index in [0.29, 0.717) is 6.54 Å². The third-order valence-corrected chi connectivity index (χ3v) is 2.37. The number of nitrogens with zero attached hydrogens (tertiary/aromatic N) is 1. The van der Waals surface area contributed by atoms with E-state index in [1.165, 1.54) is 0 Å². The van der Waals surface area contributed by atoms with E-state index in [0.717, 1.165) is 11.3 Å². The number of rotatable bonds is 4. The third kappa shape index (κ3) is 3.32. The Morgan fingerprint density at radius 3 is 2.93 bits per heavy atom. The number of carbonyl (C=O) groups excluding carboxylic acids is 1. The van der Waals surface area contributed by atoms with Crippen LogP contribution in [0.2, 0.25) is 0 Å². The Morgan fingerprint density at radius 2 is 2.33 bits per heavy atom. The summed E-state index contributed by atoms with van der Waals surface area (Å²) in [6.45, 7) is 4.29. The number of hydrogen-bond acceptors (Lipinski definition) is 3. The lowest BCUT2D eigenvalue weighted by Crippen LogP contribution is -2.40. The first-order valence-electron chi connectivity index (χ1n) is 5.00. The molecule has 1 aromatic heterocycles. The molecule has 1 unspecified atom stereocenters. The third-order valence-electron chi connectivity index (χ3n) is 2.37. The quantitative estimate of drug-likeness (QED) is 0.760. The van der Waals surface area contributed by atoms with Gasteiger partial charge in [0.2, 0.25) is 5.91 Å². The molecule has 4 heteroatoms. The molecule has 1 atom stereocenters. The largest absolute Gasteiger partial charge is 0.349 e. The van der Waals surface area contributed by atoms with Crippen LogP contribution in [-0.4, -0.2) is 24.0 Å². The van der Waals surface area contributed by atoms with E-state index in [-0.39, 0.29) is 11.9 Å². The molecule has 0 radical (unpaired) electrons. The van der Waals surface area contributed by atoms with Gasteiger partial charge in [-0.1, -0.05) is 6.07 Å². The topological polar surface area (TPSA) is 54.0 Å². The van der Waals surface area contributed by atoms with Gasteiger partial charge in [0, 0.05) is 6.20 Å². The number of likely N-dealkylation sites (N-methyl/N-ethyl adjacent to an activating group) is 1. The lowest BCUT2D eigenvalue weighted by molar-refractivity contribution is -0.122. The van der Waals surface area contributed by atoms with Crippen LogP contribution < -0.4 is 10.6 Å². The molecule has 0 aromatic carbocycles. The van der Waals surface area contributed by atoms with Gasteiger partial charge in [0.1, 0.15) is 0 Å². The number of pyridine rings is 1. The van der Waals surface area contributed by atoms with Gasteiger partial charge in [0.15, 0.2) is 0 Å². The molecule has 0 bridgehead atoms. The summed E-state index contributed by atoms with van der Waals surface area (Å²) in [5, 5.41) is 5.71. The molecule has 82 valence electrons. The van der Waals surface area contributed by atoms with Crippen molar-refractivity contribution in [2.24, 2.45) is 0 Å². The maximum Gasteiger partial charge on any atom is 0.237 e. The first kappa shape index (κ1) is 11.7. The lowest BCUT2D eigenvalue weighted by atomic mass is 10.2. The summed E-state index contributed by atoms with van der Waals surface area (Å²) >= 11 is 0. The summed E-state index contributed by atoms with van der Waals surface area (Å²) < 4.78 is 0. The first-order valence-corrected chi connectivity index (χ1v) is 5.00. The fourth-order valence-electron chi connectivity index (χ4n) is 1.16. The molecule has 1 rings (SSSR count). The van der Waals surface area contributed by atoms with Crippen molar-refractivity contribution in [3.8, 4) is 0 Å². The average Bonchev–Trinajstić information content (AvgIpc) is 2.26. The highest BCUT2D eigenvalue weighted by atomic mass is 16.2. The molecule has 0 aliphatic heterocycles. The molecule has 2 N–H and O–H groups in total. The fraction of sp³-hybridized carbons (Fsp3) is 0.455. The lowest BCUT2D eigenvalue weighted by Gasteiger charge is -2.11. The van der Waals surface area contributed by atoms with Gasteiger partial charge in [-0.2, -0.15) is 0 Å². The van der Waals surface area contributed by atoms with Crippen molar-refractivity contribution < 1.29 is 4.79 Å². The van der Waals surface area contributed by atoms with Crippen LogP contribution in [0, 0.1) is 6.92 Å². The Labute approximate surface area is 90.1 Å². The van der Waals surface area contributed by atoms with Crippen LogP contribution in [0.3, 0.4) is 0 Å². The normalized spacial score (nSPS) is 12.2. The standard InChI is InChI=1S/C11H17N3O/c1-8-5-4-6-13-10(8)7-14-11(15)9(2)12-3/h4-6,9,12H,7H2,1-3H3,(H,14,15). The Bertz CT molecular complexity index is 338. The molecular formula is C11H17N3O. The van der Waals surface area contributed by atoms with E-state index in [1.807, 2.05) is 26.0 Å². The van der Waals surface area contributed by atoms with Gasteiger partial charge in [-0.3, -0.25) is 9.78 Å². The smallest absolute Gasteiger partial charge is 0.237 e.